The molecule has 0 spiro atoms. The van der Waals surface area contributed by atoms with E-state index in [1.165, 1.54) is 24.1 Å². The van der Waals surface area contributed by atoms with Crippen molar-refractivity contribution in [3.8, 4) is 0 Å². The van der Waals surface area contributed by atoms with Gasteiger partial charge in [0.25, 0.3) is 0 Å². The van der Waals surface area contributed by atoms with Gasteiger partial charge in [-0.3, -0.25) is 9.79 Å². The van der Waals surface area contributed by atoms with Crippen LogP contribution in [0, 0.1) is 0 Å². The summed E-state index contributed by atoms with van der Waals surface area (Å²) in [4.78, 5) is 21.4. The van der Waals surface area contributed by atoms with Gasteiger partial charge in [-0.15, -0.1) is 24.0 Å². The van der Waals surface area contributed by atoms with Gasteiger partial charge in [-0.25, -0.2) is 0 Å². The fourth-order valence-electron chi connectivity index (χ4n) is 3.98. The van der Waals surface area contributed by atoms with Crippen LogP contribution >= 0.6 is 24.0 Å². The molecule has 0 saturated carbocycles. The summed E-state index contributed by atoms with van der Waals surface area (Å²) in [5, 5.41) is 6.69. The molecule has 0 aromatic heterocycles. The largest absolute Gasteiger partial charge is 0.354 e. The number of benzene rings is 1. The van der Waals surface area contributed by atoms with Gasteiger partial charge >= 0.3 is 0 Å². The molecule has 0 unspecified atom stereocenters. The third-order valence-corrected chi connectivity index (χ3v) is 5.58. The number of nitrogens with zero attached hydrogens (tertiary/aromatic N) is 3. The van der Waals surface area contributed by atoms with Crippen molar-refractivity contribution in [2.24, 2.45) is 4.99 Å². The van der Waals surface area contributed by atoms with Crippen molar-refractivity contribution >= 4 is 35.8 Å². The van der Waals surface area contributed by atoms with Crippen molar-refractivity contribution in [3.63, 3.8) is 0 Å². The van der Waals surface area contributed by atoms with E-state index in [-0.39, 0.29) is 36.4 Å². The number of amides is 1. The van der Waals surface area contributed by atoms with Gasteiger partial charge in [-0.2, -0.15) is 0 Å². The Morgan fingerprint density at radius 3 is 2.57 bits per heavy atom. The molecule has 1 amide bonds. The van der Waals surface area contributed by atoms with E-state index in [4.69, 9.17) is 0 Å². The summed E-state index contributed by atoms with van der Waals surface area (Å²) in [5.74, 6) is 0.861. The number of fused-ring (bicyclic) bond motifs is 1. The average Bonchev–Trinajstić information content (AvgIpc) is 2.72. The molecule has 0 atom stereocenters. The molecule has 28 heavy (non-hydrogen) atoms. The smallest absolute Gasteiger partial charge is 0.242 e. The van der Waals surface area contributed by atoms with Crippen LogP contribution < -0.4 is 10.6 Å². The van der Waals surface area contributed by atoms with E-state index in [2.05, 4.69) is 45.6 Å². The van der Waals surface area contributed by atoms with Gasteiger partial charge in [0, 0.05) is 39.3 Å². The molecule has 3 rings (SSSR count). The van der Waals surface area contributed by atoms with Crippen LogP contribution in [0.3, 0.4) is 0 Å². The number of likely N-dealkylation sites (tertiary alicyclic amines) is 1. The molecule has 0 aliphatic carbocycles. The molecular weight excluding hydrogens is 465 g/mol. The van der Waals surface area contributed by atoms with Gasteiger partial charge in [0.2, 0.25) is 5.91 Å². The third-order valence-electron chi connectivity index (χ3n) is 5.58. The van der Waals surface area contributed by atoms with Gasteiger partial charge in [0.05, 0.1) is 6.54 Å². The van der Waals surface area contributed by atoms with E-state index in [9.17, 15) is 4.79 Å². The second-order valence-corrected chi connectivity index (χ2v) is 7.52. The van der Waals surface area contributed by atoms with Crippen LogP contribution in [0.15, 0.2) is 29.3 Å². The molecule has 2 aliphatic rings. The molecular formula is C21H34IN5O. The molecule has 2 heterocycles. The number of rotatable bonds is 5. The zero-order chi connectivity index (χ0) is 19.1. The van der Waals surface area contributed by atoms with E-state index in [1.54, 1.807) is 7.05 Å². The second-order valence-electron chi connectivity index (χ2n) is 7.52. The number of guanidine groups is 1. The molecule has 156 valence electrons. The lowest BCUT2D eigenvalue weighted by molar-refractivity contribution is -0.130. The van der Waals surface area contributed by atoms with Crippen LogP contribution in [0.5, 0.6) is 0 Å². The SMILES string of the molecule is CCCN1CCC(NC(=NC)NCC(=O)N2CCc3ccccc3C2)CC1.I. The maximum Gasteiger partial charge on any atom is 0.242 e. The Morgan fingerprint density at radius 1 is 1.18 bits per heavy atom. The Morgan fingerprint density at radius 2 is 1.89 bits per heavy atom. The number of aliphatic imine (C=N–C) groups is 1. The van der Waals surface area contributed by atoms with Crippen molar-refractivity contribution in [3.05, 3.63) is 35.4 Å². The molecule has 1 aromatic carbocycles. The van der Waals surface area contributed by atoms with Crippen LogP contribution in [0.1, 0.15) is 37.3 Å². The Labute approximate surface area is 186 Å². The first-order valence-electron chi connectivity index (χ1n) is 10.2. The predicted octanol–water partition coefficient (Wildman–Crippen LogP) is 2.23. The van der Waals surface area contributed by atoms with E-state index >= 15 is 0 Å². The number of hydrogen-bond acceptors (Lipinski definition) is 3. The number of hydrogen-bond donors (Lipinski definition) is 2. The van der Waals surface area contributed by atoms with Crippen LogP contribution in [0.4, 0.5) is 0 Å². The minimum absolute atomic E-state index is 0. The van der Waals surface area contributed by atoms with Crippen LogP contribution in [-0.2, 0) is 17.8 Å². The molecule has 7 heteroatoms. The quantitative estimate of drug-likeness (QED) is 0.371. The average molecular weight is 499 g/mol. The summed E-state index contributed by atoms with van der Waals surface area (Å²) in [6, 6.07) is 8.82. The molecule has 1 fully saturated rings. The molecule has 1 aromatic rings. The topological polar surface area (TPSA) is 60.0 Å². The van der Waals surface area contributed by atoms with Crippen molar-refractivity contribution < 1.29 is 4.79 Å². The highest BCUT2D eigenvalue weighted by molar-refractivity contribution is 14.0. The van der Waals surface area contributed by atoms with Crippen molar-refractivity contribution in [1.29, 1.82) is 0 Å². The van der Waals surface area contributed by atoms with Gasteiger partial charge < -0.3 is 20.4 Å². The minimum atomic E-state index is 0. The lowest BCUT2D eigenvalue weighted by Crippen LogP contribution is -2.51. The van der Waals surface area contributed by atoms with Gasteiger partial charge in [-0.05, 0) is 43.4 Å². The van der Waals surface area contributed by atoms with Crippen LogP contribution in [0.2, 0.25) is 0 Å². The number of nitrogens with one attached hydrogen (secondary N) is 2. The molecule has 0 bridgehead atoms. The molecule has 2 aliphatic heterocycles. The summed E-state index contributed by atoms with van der Waals surface area (Å²) >= 11 is 0. The number of carbonyl (C=O) groups is 1. The number of carbonyl (C=O) groups excluding carboxylic acids is 1. The van der Waals surface area contributed by atoms with Gasteiger partial charge in [0.15, 0.2) is 5.96 Å². The summed E-state index contributed by atoms with van der Waals surface area (Å²) in [7, 11) is 1.77. The third kappa shape index (κ3) is 6.34. The van der Waals surface area contributed by atoms with Crippen LogP contribution in [-0.4, -0.2) is 67.5 Å². The van der Waals surface area contributed by atoms with Gasteiger partial charge in [-0.1, -0.05) is 31.2 Å². The Kier molecular flexibility index (Phi) is 9.50. The van der Waals surface area contributed by atoms with Crippen molar-refractivity contribution in [2.45, 2.75) is 45.2 Å². The highest BCUT2D eigenvalue weighted by Crippen LogP contribution is 2.18. The number of piperidine rings is 1. The summed E-state index contributed by atoms with van der Waals surface area (Å²) < 4.78 is 0. The zero-order valence-corrected chi connectivity index (χ0v) is 19.4. The highest BCUT2D eigenvalue weighted by Gasteiger charge is 2.22. The minimum Gasteiger partial charge on any atom is -0.354 e. The first kappa shape index (κ1) is 22.9. The van der Waals surface area contributed by atoms with E-state index < -0.39 is 0 Å². The van der Waals surface area contributed by atoms with E-state index in [0.29, 0.717) is 12.6 Å². The van der Waals surface area contributed by atoms with E-state index in [0.717, 1.165) is 44.9 Å². The Bertz CT molecular complexity index is 658. The summed E-state index contributed by atoms with van der Waals surface area (Å²) in [5.41, 5.74) is 2.62. The normalized spacial score (nSPS) is 18.2. The van der Waals surface area contributed by atoms with Crippen molar-refractivity contribution in [1.82, 2.24) is 20.4 Å². The number of halogens is 1. The lowest BCUT2D eigenvalue weighted by atomic mass is 10.00. The van der Waals surface area contributed by atoms with Crippen LogP contribution in [0.25, 0.3) is 0 Å². The van der Waals surface area contributed by atoms with Gasteiger partial charge in [0.1, 0.15) is 0 Å². The predicted molar refractivity (Wildman–Crippen MR) is 125 cm³/mol. The first-order chi connectivity index (χ1) is 13.2. The Hall–Kier alpha value is -1.35. The summed E-state index contributed by atoms with van der Waals surface area (Å²) in [6.45, 7) is 7.47. The fourth-order valence-corrected chi connectivity index (χ4v) is 3.98. The molecule has 2 N–H and O–H groups in total. The van der Waals surface area contributed by atoms with Crippen molar-refractivity contribution in [2.75, 3.05) is 39.8 Å². The fraction of sp³-hybridized carbons (Fsp3) is 0.619. The monoisotopic (exact) mass is 499 g/mol. The highest BCUT2D eigenvalue weighted by atomic mass is 127. The standard InChI is InChI=1S/C21H33N5O.HI/c1-3-11-25-12-9-19(10-13-25)24-21(22-2)23-15-20(27)26-14-8-17-6-4-5-7-18(17)16-26;/h4-7,19H,3,8-16H2,1-2H3,(H2,22,23,24);1H. The maximum atomic E-state index is 12.6. The van der Waals surface area contributed by atoms with E-state index in [1.807, 2.05) is 11.0 Å². The lowest BCUT2D eigenvalue weighted by Gasteiger charge is -2.33. The second kappa shape index (κ2) is 11.6. The Balaban J connectivity index is 0.00000280. The molecule has 0 radical (unpaired) electrons. The first-order valence-corrected chi connectivity index (χ1v) is 10.2. The molecule has 6 nitrogen and oxygen atoms in total. The zero-order valence-electron chi connectivity index (χ0n) is 17.1. The summed E-state index contributed by atoms with van der Waals surface area (Å²) in [6.07, 6.45) is 4.39. The molecule has 1 saturated heterocycles. The maximum absolute atomic E-state index is 12.6.